The number of nitrogens with zero attached hydrogens (tertiary/aromatic N) is 1. The number of hydrogen-bond acceptors (Lipinski definition) is 2. The molecule has 8 aromatic rings. The predicted octanol–water partition coefficient (Wildman–Crippen LogP) is 12.8. The third kappa shape index (κ3) is 4.21. The highest BCUT2D eigenvalue weighted by atomic mass is 32.2. The minimum Gasteiger partial charge on any atom is -0.310 e. The first-order valence-corrected chi connectivity index (χ1v) is 17.7. The zero-order valence-corrected chi connectivity index (χ0v) is 27.6. The van der Waals surface area contributed by atoms with Crippen molar-refractivity contribution in [2.75, 3.05) is 4.90 Å². The molecular weight excluding hydrogens is 611 g/mol. The Morgan fingerprint density at radius 3 is 1.67 bits per heavy atom. The van der Waals surface area contributed by atoms with Crippen molar-refractivity contribution in [1.29, 1.82) is 0 Å². The largest absolute Gasteiger partial charge is 0.310 e. The molecule has 0 atom stereocenters. The zero-order chi connectivity index (χ0) is 32.4. The molecule has 2 aliphatic rings. The fraction of sp³-hybridized carbons (Fsp3) is 0.0213. The minimum absolute atomic E-state index is 0.473. The summed E-state index contributed by atoms with van der Waals surface area (Å²) >= 11 is 1.90. The van der Waals surface area contributed by atoms with Crippen molar-refractivity contribution in [2.24, 2.45) is 0 Å². The van der Waals surface area contributed by atoms with E-state index in [1.807, 2.05) is 11.8 Å². The molecule has 0 amide bonds. The van der Waals surface area contributed by atoms with Crippen LogP contribution in [-0.4, -0.2) is 0 Å². The van der Waals surface area contributed by atoms with Gasteiger partial charge < -0.3 is 4.90 Å². The Hall–Kier alpha value is -5.83. The summed E-state index contributed by atoms with van der Waals surface area (Å²) in [5.74, 6) is 0. The highest BCUT2D eigenvalue weighted by molar-refractivity contribution is 7.99. The van der Waals surface area contributed by atoms with Gasteiger partial charge in [-0.15, -0.1) is 0 Å². The molecule has 1 spiro atoms. The Morgan fingerprint density at radius 2 is 0.939 bits per heavy atom. The lowest BCUT2D eigenvalue weighted by molar-refractivity contribution is 0.730. The third-order valence-corrected chi connectivity index (χ3v) is 11.4. The van der Waals surface area contributed by atoms with Crippen molar-refractivity contribution in [1.82, 2.24) is 0 Å². The Labute approximate surface area is 291 Å². The maximum absolute atomic E-state index is 2.48. The Bertz CT molecular complexity index is 2470. The van der Waals surface area contributed by atoms with Crippen molar-refractivity contribution in [2.45, 2.75) is 15.2 Å². The van der Waals surface area contributed by atoms with Gasteiger partial charge >= 0.3 is 0 Å². The van der Waals surface area contributed by atoms with Crippen molar-refractivity contribution in [3.05, 3.63) is 210 Å². The van der Waals surface area contributed by atoms with Gasteiger partial charge in [0.2, 0.25) is 0 Å². The molecule has 0 saturated carbocycles. The van der Waals surface area contributed by atoms with E-state index in [4.69, 9.17) is 0 Å². The standard InChI is InChI=1S/C47H31NS/c1-3-13-32(14-4-1)33-23-26-36(27-24-33)48(35-16-5-2-6-17-35)37-28-30-44-43(31-37)47(46-38-18-8-7-15-34(38)25-29-45(46)49-44)41-21-11-9-19-39(41)40-20-10-12-22-42(40)47/h1-31H. The van der Waals surface area contributed by atoms with Crippen molar-refractivity contribution in [3.63, 3.8) is 0 Å². The summed E-state index contributed by atoms with van der Waals surface area (Å²) in [5.41, 5.74) is 13.4. The topological polar surface area (TPSA) is 3.24 Å². The third-order valence-electron chi connectivity index (χ3n) is 10.3. The van der Waals surface area contributed by atoms with E-state index in [0.29, 0.717) is 0 Å². The molecule has 230 valence electrons. The van der Waals surface area contributed by atoms with E-state index in [2.05, 4.69) is 193 Å². The summed E-state index contributed by atoms with van der Waals surface area (Å²) in [6.45, 7) is 0. The maximum Gasteiger partial charge on any atom is 0.0742 e. The molecule has 1 aliphatic carbocycles. The van der Waals surface area contributed by atoms with Crippen molar-refractivity contribution >= 4 is 39.6 Å². The number of benzene rings is 8. The first kappa shape index (κ1) is 28.2. The van der Waals surface area contributed by atoms with Gasteiger partial charge in [0.25, 0.3) is 0 Å². The van der Waals surface area contributed by atoms with Gasteiger partial charge in [0.1, 0.15) is 0 Å². The molecule has 0 fully saturated rings. The molecule has 0 N–H and O–H groups in total. The van der Waals surface area contributed by atoms with Gasteiger partial charge in [-0.25, -0.2) is 0 Å². The van der Waals surface area contributed by atoms with Gasteiger partial charge in [-0.05, 0) is 104 Å². The summed E-state index contributed by atoms with van der Waals surface area (Å²) in [6, 6.07) is 69.2. The lowest BCUT2D eigenvalue weighted by atomic mass is 9.66. The summed E-state index contributed by atoms with van der Waals surface area (Å²) in [5, 5.41) is 2.58. The number of para-hydroxylation sites is 1. The second-order valence-corrected chi connectivity index (χ2v) is 14.0. The van der Waals surface area contributed by atoms with E-state index in [1.54, 1.807) is 0 Å². The molecule has 0 bridgehead atoms. The predicted molar refractivity (Wildman–Crippen MR) is 205 cm³/mol. The van der Waals surface area contributed by atoms with Crippen LogP contribution in [0.15, 0.2) is 198 Å². The maximum atomic E-state index is 2.48. The van der Waals surface area contributed by atoms with Crippen molar-refractivity contribution in [3.8, 4) is 22.3 Å². The fourth-order valence-corrected chi connectivity index (χ4v) is 9.46. The molecule has 1 aliphatic heterocycles. The van der Waals surface area contributed by atoms with Crippen LogP contribution in [0.3, 0.4) is 0 Å². The second-order valence-electron chi connectivity index (χ2n) is 12.9. The Morgan fingerprint density at radius 1 is 0.388 bits per heavy atom. The minimum atomic E-state index is -0.473. The summed E-state index contributed by atoms with van der Waals surface area (Å²) < 4.78 is 0. The van der Waals surface area contributed by atoms with Crippen LogP contribution in [0.4, 0.5) is 17.1 Å². The van der Waals surface area contributed by atoms with Crippen LogP contribution < -0.4 is 4.90 Å². The summed E-state index contributed by atoms with van der Waals surface area (Å²) in [7, 11) is 0. The summed E-state index contributed by atoms with van der Waals surface area (Å²) in [6.07, 6.45) is 0. The average Bonchev–Trinajstić information content (AvgIpc) is 3.46. The van der Waals surface area contributed by atoms with Crippen LogP contribution in [-0.2, 0) is 5.41 Å². The van der Waals surface area contributed by atoms with E-state index in [-0.39, 0.29) is 0 Å². The lowest BCUT2D eigenvalue weighted by Gasteiger charge is -2.41. The van der Waals surface area contributed by atoms with E-state index in [0.717, 1.165) is 17.1 Å². The van der Waals surface area contributed by atoms with E-state index >= 15 is 0 Å². The summed E-state index contributed by atoms with van der Waals surface area (Å²) in [4.78, 5) is 5.02. The van der Waals surface area contributed by atoms with Crippen LogP contribution in [0.1, 0.15) is 22.3 Å². The molecule has 0 aromatic heterocycles. The Balaban J connectivity index is 1.25. The molecule has 0 unspecified atom stereocenters. The molecular formula is C47H31NS. The number of hydrogen-bond donors (Lipinski definition) is 0. The number of rotatable bonds is 4. The van der Waals surface area contributed by atoms with Gasteiger partial charge in [0.05, 0.1) is 5.41 Å². The number of fused-ring (bicyclic) bond motifs is 11. The number of anilines is 3. The van der Waals surface area contributed by atoms with Gasteiger partial charge in [0, 0.05) is 26.9 Å². The SMILES string of the molecule is c1ccc(-c2ccc(N(c3ccccc3)c3ccc4c(c3)C3(c5ccccc5-c5ccccc53)c3c(ccc5ccccc35)S4)cc2)cc1. The quantitative estimate of drug-likeness (QED) is 0.188. The van der Waals surface area contributed by atoms with Crippen LogP contribution in [0.25, 0.3) is 33.0 Å². The fourth-order valence-electron chi connectivity index (χ4n) is 8.27. The zero-order valence-electron chi connectivity index (χ0n) is 26.8. The normalized spacial score (nSPS) is 13.4. The van der Waals surface area contributed by atoms with E-state index in [1.165, 1.54) is 65.1 Å². The molecule has 1 heterocycles. The van der Waals surface area contributed by atoms with Crippen LogP contribution >= 0.6 is 11.8 Å². The molecule has 49 heavy (non-hydrogen) atoms. The monoisotopic (exact) mass is 641 g/mol. The molecule has 0 radical (unpaired) electrons. The second kappa shape index (κ2) is 11.1. The highest BCUT2D eigenvalue weighted by Crippen LogP contribution is 2.63. The van der Waals surface area contributed by atoms with Crippen molar-refractivity contribution < 1.29 is 0 Å². The van der Waals surface area contributed by atoms with Crippen LogP contribution in [0.2, 0.25) is 0 Å². The molecule has 1 nitrogen and oxygen atoms in total. The molecule has 8 aromatic carbocycles. The van der Waals surface area contributed by atoms with Gasteiger partial charge in [0.15, 0.2) is 0 Å². The molecule has 2 heteroatoms. The van der Waals surface area contributed by atoms with E-state index in [9.17, 15) is 0 Å². The van der Waals surface area contributed by atoms with E-state index < -0.39 is 5.41 Å². The van der Waals surface area contributed by atoms with Crippen LogP contribution in [0, 0.1) is 0 Å². The first-order valence-electron chi connectivity index (χ1n) is 16.9. The first-order chi connectivity index (χ1) is 24.3. The molecule has 0 saturated heterocycles. The smallest absolute Gasteiger partial charge is 0.0742 e. The molecule has 10 rings (SSSR count). The highest BCUT2D eigenvalue weighted by Gasteiger charge is 2.51. The lowest BCUT2D eigenvalue weighted by Crippen LogP contribution is -2.32. The van der Waals surface area contributed by atoms with Crippen LogP contribution in [0.5, 0.6) is 0 Å². The van der Waals surface area contributed by atoms with Gasteiger partial charge in [-0.3, -0.25) is 0 Å². The van der Waals surface area contributed by atoms with Gasteiger partial charge in [-0.2, -0.15) is 0 Å². The Kier molecular flexibility index (Phi) is 6.40. The van der Waals surface area contributed by atoms with Gasteiger partial charge in [-0.1, -0.05) is 151 Å². The average molecular weight is 642 g/mol.